The second-order valence-electron chi connectivity index (χ2n) is 9.10. The van der Waals surface area contributed by atoms with Crippen molar-refractivity contribution in [2.45, 2.75) is 44.7 Å². The zero-order valence-electron chi connectivity index (χ0n) is 20.5. The van der Waals surface area contributed by atoms with Gasteiger partial charge >= 0.3 is 0 Å². The molecule has 0 aliphatic heterocycles. The van der Waals surface area contributed by atoms with Crippen LogP contribution in [0.4, 0.5) is 5.82 Å². The molecule has 4 aromatic rings. The maximum absolute atomic E-state index is 12.3. The van der Waals surface area contributed by atoms with Gasteiger partial charge in [-0.2, -0.15) is 5.10 Å². The Hall–Kier alpha value is -4.20. The fraction of sp³-hybridized carbons (Fsp3) is 0.286. The Morgan fingerprint density at radius 2 is 1.72 bits per heavy atom. The van der Waals surface area contributed by atoms with Gasteiger partial charge in [-0.05, 0) is 75.1 Å². The molecule has 0 radical (unpaired) electrons. The lowest BCUT2D eigenvalue weighted by Crippen LogP contribution is -2.39. The lowest BCUT2D eigenvalue weighted by atomic mass is 9.90. The Morgan fingerprint density at radius 3 is 2.42 bits per heavy atom. The molecule has 0 bridgehead atoms. The monoisotopic (exact) mass is 482 g/mol. The van der Waals surface area contributed by atoms with Gasteiger partial charge in [0.2, 0.25) is 5.91 Å². The van der Waals surface area contributed by atoms with E-state index in [1.54, 1.807) is 12.2 Å². The normalized spacial score (nSPS) is 17.9. The second-order valence-corrected chi connectivity index (χ2v) is 9.10. The van der Waals surface area contributed by atoms with Gasteiger partial charge in [-0.25, -0.2) is 14.6 Å². The molecule has 0 saturated heterocycles. The van der Waals surface area contributed by atoms with E-state index in [0.29, 0.717) is 5.82 Å². The zero-order valence-corrected chi connectivity index (χ0v) is 20.5. The standard InChI is InChI=1S/C28H30N6O2/c1-3-7-24(35)33(2)20-12-14-21(15-13-20)34-28-25(27(29)30-18-31-28)26(32-34)19-10-16-23(17-11-19)36-22-8-5-4-6-9-22/h3-11,16-18,20-21H,12-15H2,1-2H3,(H2,29,30,31)/b7-3+/t20-,21+. The molecule has 36 heavy (non-hydrogen) atoms. The minimum atomic E-state index is 0.0491. The van der Waals surface area contributed by atoms with Crippen LogP contribution in [0.5, 0.6) is 11.5 Å². The molecule has 8 heteroatoms. The van der Waals surface area contributed by atoms with E-state index in [9.17, 15) is 4.79 Å². The molecule has 8 nitrogen and oxygen atoms in total. The van der Waals surface area contributed by atoms with Gasteiger partial charge in [0.05, 0.1) is 11.4 Å². The molecule has 0 unspecified atom stereocenters. The lowest BCUT2D eigenvalue weighted by Gasteiger charge is -2.34. The molecule has 0 atom stereocenters. The summed E-state index contributed by atoms with van der Waals surface area (Å²) >= 11 is 0. The molecule has 1 aliphatic carbocycles. The molecule has 1 saturated carbocycles. The molecule has 1 fully saturated rings. The number of amides is 1. The predicted octanol–water partition coefficient (Wildman–Crippen LogP) is 5.39. The van der Waals surface area contributed by atoms with Crippen LogP contribution in [-0.4, -0.2) is 43.6 Å². The van der Waals surface area contributed by atoms with Crippen molar-refractivity contribution in [1.82, 2.24) is 24.6 Å². The van der Waals surface area contributed by atoms with E-state index in [-0.39, 0.29) is 18.0 Å². The number of hydrogen-bond donors (Lipinski definition) is 1. The third kappa shape index (κ3) is 4.66. The lowest BCUT2D eigenvalue weighted by molar-refractivity contribution is -0.127. The van der Waals surface area contributed by atoms with Gasteiger partial charge in [-0.3, -0.25) is 4.79 Å². The highest BCUT2D eigenvalue weighted by Crippen LogP contribution is 2.37. The predicted molar refractivity (Wildman–Crippen MR) is 141 cm³/mol. The molecule has 1 aliphatic rings. The van der Waals surface area contributed by atoms with E-state index in [0.717, 1.165) is 59.5 Å². The van der Waals surface area contributed by atoms with Crippen molar-refractivity contribution in [3.8, 4) is 22.8 Å². The number of ether oxygens (including phenoxy) is 1. The van der Waals surface area contributed by atoms with Crippen LogP contribution >= 0.6 is 0 Å². The number of rotatable bonds is 6. The first-order chi connectivity index (χ1) is 17.5. The molecule has 5 rings (SSSR count). The van der Waals surface area contributed by atoms with Crippen molar-refractivity contribution in [1.29, 1.82) is 0 Å². The van der Waals surface area contributed by atoms with E-state index < -0.39 is 0 Å². The summed E-state index contributed by atoms with van der Waals surface area (Å²) in [5.74, 6) is 1.99. The molecule has 2 heterocycles. The third-order valence-corrected chi connectivity index (χ3v) is 6.84. The topological polar surface area (TPSA) is 99.2 Å². The Labute approximate surface area is 210 Å². The van der Waals surface area contributed by atoms with Crippen LogP contribution in [0.25, 0.3) is 22.3 Å². The number of nitrogens with zero attached hydrogens (tertiary/aromatic N) is 5. The maximum atomic E-state index is 12.3. The van der Waals surface area contributed by atoms with Crippen LogP contribution < -0.4 is 10.5 Å². The van der Waals surface area contributed by atoms with Gasteiger partial charge in [-0.1, -0.05) is 24.3 Å². The number of para-hydroxylation sites is 1. The third-order valence-electron chi connectivity index (χ3n) is 6.84. The van der Waals surface area contributed by atoms with Gasteiger partial charge in [-0.15, -0.1) is 0 Å². The van der Waals surface area contributed by atoms with Gasteiger partial charge < -0.3 is 15.4 Å². The van der Waals surface area contributed by atoms with E-state index in [1.807, 2.05) is 78.2 Å². The van der Waals surface area contributed by atoms with Gasteiger partial charge in [0.1, 0.15) is 29.3 Å². The summed E-state index contributed by atoms with van der Waals surface area (Å²) in [4.78, 5) is 22.9. The number of benzene rings is 2. The number of nitrogens with two attached hydrogens (primary N) is 1. The molecule has 1 amide bonds. The molecule has 184 valence electrons. The summed E-state index contributed by atoms with van der Waals surface area (Å²) in [7, 11) is 1.88. The Morgan fingerprint density at radius 1 is 1.03 bits per heavy atom. The highest BCUT2D eigenvalue weighted by atomic mass is 16.5. The van der Waals surface area contributed by atoms with Crippen molar-refractivity contribution in [2.24, 2.45) is 0 Å². The first-order valence-electron chi connectivity index (χ1n) is 12.3. The largest absolute Gasteiger partial charge is 0.457 e. The Balaban J connectivity index is 1.40. The number of hydrogen-bond acceptors (Lipinski definition) is 6. The highest BCUT2D eigenvalue weighted by molar-refractivity contribution is 5.98. The van der Waals surface area contributed by atoms with E-state index >= 15 is 0 Å². The van der Waals surface area contributed by atoms with Crippen LogP contribution in [-0.2, 0) is 4.79 Å². The van der Waals surface area contributed by atoms with E-state index in [2.05, 4.69) is 9.97 Å². The SMILES string of the molecule is C/C=C/C(=O)N(C)[C@H]1CC[C@@H](n2nc(-c3ccc(Oc4ccccc4)cc3)c3c(N)ncnc32)CC1. The average molecular weight is 483 g/mol. The Bertz CT molecular complexity index is 1370. The summed E-state index contributed by atoms with van der Waals surface area (Å²) in [5.41, 5.74) is 8.74. The van der Waals surface area contributed by atoms with Crippen molar-refractivity contribution < 1.29 is 9.53 Å². The van der Waals surface area contributed by atoms with Crippen LogP contribution in [0.1, 0.15) is 38.6 Å². The molecule has 2 aromatic carbocycles. The fourth-order valence-electron chi connectivity index (χ4n) is 4.89. The zero-order chi connectivity index (χ0) is 25.1. The number of nitrogen functional groups attached to an aromatic ring is 1. The summed E-state index contributed by atoms with van der Waals surface area (Å²) in [5, 5.41) is 5.75. The van der Waals surface area contributed by atoms with Gasteiger partial charge in [0.15, 0.2) is 5.65 Å². The number of carbonyl (C=O) groups is 1. The first kappa shape index (κ1) is 23.5. The van der Waals surface area contributed by atoms with Crippen LogP contribution in [0, 0.1) is 0 Å². The number of anilines is 1. The summed E-state index contributed by atoms with van der Waals surface area (Å²) in [6, 6.07) is 17.9. The number of aromatic nitrogens is 4. The number of fused-ring (bicyclic) bond motifs is 1. The van der Waals surface area contributed by atoms with Crippen molar-refractivity contribution >= 4 is 22.8 Å². The van der Waals surface area contributed by atoms with Gasteiger partial charge in [0, 0.05) is 18.7 Å². The smallest absolute Gasteiger partial charge is 0.246 e. The minimum absolute atomic E-state index is 0.0491. The van der Waals surface area contributed by atoms with Crippen LogP contribution in [0.2, 0.25) is 0 Å². The number of carbonyl (C=O) groups excluding carboxylic acids is 1. The number of likely N-dealkylation sites (N-methyl/N-ethyl adjacent to an activating group) is 1. The van der Waals surface area contributed by atoms with Crippen molar-refractivity contribution in [3.05, 3.63) is 73.1 Å². The second kappa shape index (κ2) is 10.2. The summed E-state index contributed by atoms with van der Waals surface area (Å²) in [6.07, 6.45) is 8.53. The fourth-order valence-corrected chi connectivity index (χ4v) is 4.89. The van der Waals surface area contributed by atoms with Crippen LogP contribution in [0.15, 0.2) is 73.1 Å². The van der Waals surface area contributed by atoms with Crippen LogP contribution in [0.3, 0.4) is 0 Å². The van der Waals surface area contributed by atoms with E-state index in [4.69, 9.17) is 15.6 Å². The molecule has 2 N–H and O–H groups in total. The Kier molecular flexibility index (Phi) is 6.66. The van der Waals surface area contributed by atoms with Crippen molar-refractivity contribution in [2.75, 3.05) is 12.8 Å². The maximum Gasteiger partial charge on any atom is 0.246 e. The summed E-state index contributed by atoms with van der Waals surface area (Å²) in [6.45, 7) is 1.86. The quantitative estimate of drug-likeness (QED) is 0.370. The molecule has 2 aromatic heterocycles. The highest BCUT2D eigenvalue weighted by Gasteiger charge is 2.29. The minimum Gasteiger partial charge on any atom is -0.457 e. The number of allylic oxidation sites excluding steroid dienone is 1. The molecule has 0 spiro atoms. The molecular formula is C28H30N6O2. The summed E-state index contributed by atoms with van der Waals surface area (Å²) < 4.78 is 7.94. The van der Waals surface area contributed by atoms with E-state index in [1.165, 1.54) is 6.33 Å². The first-order valence-corrected chi connectivity index (χ1v) is 12.3. The van der Waals surface area contributed by atoms with Crippen molar-refractivity contribution in [3.63, 3.8) is 0 Å². The average Bonchev–Trinajstić information content (AvgIpc) is 3.30. The van der Waals surface area contributed by atoms with Gasteiger partial charge in [0.25, 0.3) is 0 Å². The molecular weight excluding hydrogens is 452 g/mol.